The molecule has 4 nitrogen and oxygen atoms in total. The van der Waals surface area contributed by atoms with Gasteiger partial charge in [0.25, 0.3) is 5.91 Å². The molecule has 0 bridgehead atoms. The number of rotatable bonds is 1. The van der Waals surface area contributed by atoms with Gasteiger partial charge < -0.3 is 5.32 Å². The second-order valence-electron chi connectivity index (χ2n) is 3.98. The van der Waals surface area contributed by atoms with Crippen molar-refractivity contribution in [2.45, 2.75) is 0 Å². The highest BCUT2D eigenvalue weighted by atomic mass is 35.5. The minimum Gasteiger partial charge on any atom is -0.321 e. The molecule has 0 unspecified atom stereocenters. The average molecular weight is 292 g/mol. The number of carbonyl (C=O) groups excluding carboxylic acids is 1. The zero-order chi connectivity index (χ0) is 13.4. The van der Waals surface area contributed by atoms with E-state index < -0.39 is 0 Å². The van der Waals surface area contributed by atoms with Crippen molar-refractivity contribution >= 4 is 46.4 Å². The van der Waals surface area contributed by atoms with Crippen LogP contribution in [0.1, 0.15) is 11.1 Å². The molecule has 0 saturated heterocycles. The Morgan fingerprint density at radius 1 is 1.16 bits per heavy atom. The van der Waals surface area contributed by atoms with Crippen molar-refractivity contribution in [3.63, 3.8) is 0 Å². The summed E-state index contributed by atoms with van der Waals surface area (Å²) >= 11 is 11.6. The molecule has 0 atom stereocenters. The average Bonchev–Trinajstić information content (AvgIpc) is 2.65. The summed E-state index contributed by atoms with van der Waals surface area (Å²) in [7, 11) is 0. The predicted molar refractivity (Wildman–Crippen MR) is 75.0 cm³/mol. The third kappa shape index (κ3) is 2.32. The van der Waals surface area contributed by atoms with Gasteiger partial charge in [-0.2, -0.15) is 0 Å². The SMILES string of the molecule is O=C1Nc2cc(Cl)ncc2C1=Cc1ccnc(Cl)c1. The van der Waals surface area contributed by atoms with Crippen LogP contribution in [0.15, 0.2) is 30.6 Å². The number of nitrogens with one attached hydrogen (secondary N) is 1. The van der Waals surface area contributed by atoms with Gasteiger partial charge in [0, 0.05) is 18.0 Å². The first-order chi connectivity index (χ1) is 9.13. The molecule has 0 aliphatic carbocycles. The molecular weight excluding hydrogens is 285 g/mol. The Kier molecular flexibility index (Phi) is 2.97. The molecule has 1 aliphatic rings. The van der Waals surface area contributed by atoms with Gasteiger partial charge in [-0.1, -0.05) is 23.2 Å². The molecule has 0 spiro atoms. The van der Waals surface area contributed by atoms with E-state index in [-0.39, 0.29) is 5.91 Å². The standard InChI is InChI=1S/C13H7Cl2N3O/c14-11-4-7(1-2-16-11)3-8-9-6-17-12(15)5-10(9)18-13(8)19/h1-6H,(H,18,19). The lowest BCUT2D eigenvalue weighted by Crippen LogP contribution is -2.03. The van der Waals surface area contributed by atoms with Gasteiger partial charge in [-0.15, -0.1) is 0 Å². The first-order valence-electron chi connectivity index (χ1n) is 5.44. The largest absolute Gasteiger partial charge is 0.321 e. The topological polar surface area (TPSA) is 54.9 Å². The molecule has 19 heavy (non-hydrogen) atoms. The van der Waals surface area contributed by atoms with E-state index in [1.54, 1.807) is 36.7 Å². The fourth-order valence-electron chi connectivity index (χ4n) is 1.88. The van der Waals surface area contributed by atoms with Crippen molar-refractivity contribution in [3.05, 3.63) is 52.0 Å². The highest BCUT2D eigenvalue weighted by Gasteiger charge is 2.24. The Labute approximate surface area is 119 Å². The number of anilines is 1. The van der Waals surface area contributed by atoms with Gasteiger partial charge in [0.05, 0.1) is 11.3 Å². The molecule has 1 aliphatic heterocycles. The van der Waals surface area contributed by atoms with Crippen molar-refractivity contribution in [1.29, 1.82) is 0 Å². The van der Waals surface area contributed by atoms with Crippen LogP contribution in [0.2, 0.25) is 10.3 Å². The summed E-state index contributed by atoms with van der Waals surface area (Å²) in [5, 5.41) is 3.46. The summed E-state index contributed by atoms with van der Waals surface area (Å²) in [4.78, 5) is 19.8. The van der Waals surface area contributed by atoms with E-state index in [0.717, 1.165) is 11.1 Å². The van der Waals surface area contributed by atoms with Crippen molar-refractivity contribution in [3.8, 4) is 0 Å². The normalized spacial score (nSPS) is 15.5. The van der Waals surface area contributed by atoms with Gasteiger partial charge in [-0.05, 0) is 29.8 Å². The predicted octanol–water partition coefficient (Wildman–Crippen LogP) is 3.28. The van der Waals surface area contributed by atoms with E-state index in [0.29, 0.717) is 21.6 Å². The zero-order valence-electron chi connectivity index (χ0n) is 9.52. The summed E-state index contributed by atoms with van der Waals surface area (Å²) in [5.74, 6) is -0.188. The van der Waals surface area contributed by atoms with Crippen molar-refractivity contribution in [1.82, 2.24) is 9.97 Å². The lowest BCUT2D eigenvalue weighted by Gasteiger charge is -1.99. The maximum atomic E-state index is 11.9. The summed E-state index contributed by atoms with van der Waals surface area (Å²) in [6, 6.07) is 5.08. The number of amides is 1. The zero-order valence-corrected chi connectivity index (χ0v) is 11.0. The Hall–Kier alpha value is -1.91. The van der Waals surface area contributed by atoms with E-state index in [9.17, 15) is 4.79 Å². The fraction of sp³-hybridized carbons (Fsp3) is 0. The van der Waals surface area contributed by atoms with Crippen LogP contribution in [0.5, 0.6) is 0 Å². The highest BCUT2D eigenvalue weighted by Crippen LogP contribution is 2.33. The van der Waals surface area contributed by atoms with E-state index in [1.807, 2.05) is 0 Å². The fourth-order valence-corrected chi connectivity index (χ4v) is 2.22. The minimum absolute atomic E-state index is 0.188. The summed E-state index contributed by atoms with van der Waals surface area (Å²) < 4.78 is 0. The van der Waals surface area contributed by atoms with Gasteiger partial charge in [0.1, 0.15) is 10.3 Å². The molecule has 2 aromatic rings. The monoisotopic (exact) mass is 291 g/mol. The van der Waals surface area contributed by atoms with Crippen LogP contribution in [0.25, 0.3) is 11.6 Å². The van der Waals surface area contributed by atoms with Crippen LogP contribution in [0, 0.1) is 0 Å². The molecule has 1 N–H and O–H groups in total. The number of fused-ring (bicyclic) bond motifs is 1. The van der Waals surface area contributed by atoms with Crippen LogP contribution >= 0.6 is 23.2 Å². The molecule has 0 fully saturated rings. The molecule has 1 amide bonds. The number of hydrogen-bond acceptors (Lipinski definition) is 3. The van der Waals surface area contributed by atoms with Gasteiger partial charge >= 0.3 is 0 Å². The Morgan fingerprint density at radius 2 is 1.95 bits per heavy atom. The molecule has 94 valence electrons. The number of carbonyl (C=O) groups is 1. The quantitative estimate of drug-likeness (QED) is 0.648. The molecule has 3 rings (SSSR count). The first kappa shape index (κ1) is 12.1. The van der Waals surface area contributed by atoms with Gasteiger partial charge in [0.2, 0.25) is 0 Å². The number of pyridine rings is 2. The second kappa shape index (κ2) is 4.64. The lowest BCUT2D eigenvalue weighted by atomic mass is 10.1. The van der Waals surface area contributed by atoms with Gasteiger partial charge in [-0.3, -0.25) is 4.79 Å². The molecule has 6 heteroatoms. The number of nitrogens with zero attached hydrogens (tertiary/aromatic N) is 2. The Bertz CT molecular complexity index is 713. The van der Waals surface area contributed by atoms with E-state index in [4.69, 9.17) is 23.2 Å². The smallest absolute Gasteiger partial charge is 0.256 e. The molecule has 0 saturated carbocycles. The third-order valence-corrected chi connectivity index (χ3v) is 3.13. The van der Waals surface area contributed by atoms with Crippen molar-refractivity contribution in [2.75, 3.05) is 5.32 Å². The summed E-state index contributed by atoms with van der Waals surface area (Å²) in [5.41, 5.74) is 2.72. The van der Waals surface area contributed by atoms with Gasteiger partial charge in [-0.25, -0.2) is 9.97 Å². The molecule has 3 heterocycles. The molecule has 0 aromatic carbocycles. The number of aromatic nitrogens is 2. The van der Waals surface area contributed by atoms with Gasteiger partial charge in [0.15, 0.2) is 0 Å². The Morgan fingerprint density at radius 3 is 2.74 bits per heavy atom. The van der Waals surface area contributed by atoms with Crippen LogP contribution in [-0.2, 0) is 4.79 Å². The van der Waals surface area contributed by atoms with Crippen molar-refractivity contribution < 1.29 is 4.79 Å². The number of halogens is 2. The molecular formula is C13H7Cl2N3O. The maximum Gasteiger partial charge on any atom is 0.256 e. The van der Waals surface area contributed by atoms with E-state index in [2.05, 4.69) is 15.3 Å². The van der Waals surface area contributed by atoms with Crippen molar-refractivity contribution in [2.24, 2.45) is 0 Å². The minimum atomic E-state index is -0.188. The third-order valence-electron chi connectivity index (χ3n) is 2.72. The highest BCUT2D eigenvalue weighted by molar-refractivity contribution is 6.36. The molecule has 0 radical (unpaired) electrons. The number of hydrogen-bond donors (Lipinski definition) is 1. The van der Waals surface area contributed by atoms with Crippen LogP contribution in [0.3, 0.4) is 0 Å². The maximum absolute atomic E-state index is 11.9. The summed E-state index contributed by atoms with van der Waals surface area (Å²) in [6.07, 6.45) is 4.90. The van der Waals surface area contributed by atoms with Crippen LogP contribution in [0.4, 0.5) is 5.69 Å². The lowest BCUT2D eigenvalue weighted by molar-refractivity contribution is -0.110. The molecule has 2 aromatic heterocycles. The van der Waals surface area contributed by atoms with Crippen LogP contribution < -0.4 is 5.32 Å². The first-order valence-corrected chi connectivity index (χ1v) is 6.19. The summed E-state index contributed by atoms with van der Waals surface area (Å²) in [6.45, 7) is 0. The Balaban J connectivity index is 2.09. The van der Waals surface area contributed by atoms with Crippen LogP contribution in [-0.4, -0.2) is 15.9 Å². The van der Waals surface area contributed by atoms with E-state index >= 15 is 0 Å². The van der Waals surface area contributed by atoms with E-state index in [1.165, 1.54) is 0 Å². The second-order valence-corrected chi connectivity index (χ2v) is 4.75.